The normalized spacial score (nSPS) is 18.9. The monoisotopic (exact) mass is 267 g/mol. The summed E-state index contributed by atoms with van der Waals surface area (Å²) in [6, 6.07) is 6.27. The molecule has 1 heterocycles. The number of benzene rings is 1. The molecule has 0 radical (unpaired) electrons. The molecule has 0 amide bonds. The molecule has 1 aromatic rings. The fourth-order valence-corrected chi connectivity index (χ4v) is 2.80. The molecule has 0 spiro atoms. The molecule has 0 aromatic heterocycles. The number of ether oxygens (including phenoxy) is 2. The van der Waals surface area contributed by atoms with Gasteiger partial charge in [-0.1, -0.05) is 18.8 Å². The Morgan fingerprint density at radius 1 is 1.25 bits per heavy atom. The molecule has 1 aromatic carbocycles. The molecule has 1 atom stereocenters. The van der Waals surface area contributed by atoms with Gasteiger partial charge in [0.2, 0.25) is 0 Å². The van der Waals surface area contributed by atoms with Crippen LogP contribution in [0.15, 0.2) is 18.2 Å². The number of hydrogen-bond donors (Lipinski definition) is 1. The van der Waals surface area contributed by atoms with Crippen LogP contribution in [0.1, 0.15) is 18.9 Å². The molecule has 1 unspecified atom stereocenters. The fourth-order valence-electron chi connectivity index (χ4n) is 2.80. The van der Waals surface area contributed by atoms with Crippen molar-refractivity contribution in [2.75, 3.05) is 0 Å². The van der Waals surface area contributed by atoms with E-state index in [4.69, 9.17) is 9.47 Å². The zero-order valence-corrected chi connectivity index (χ0v) is 13.5. The van der Waals surface area contributed by atoms with Gasteiger partial charge < -0.3 is 14.8 Å². The molecule has 1 N–H and O–H groups in total. The standard InChI is InChI=1S/C12H22B5NO2/c1-2-11(15,18-10(13)14)6-7-3-4-8-9(5-7)20-12(16,17)19-8/h3-5,10,18H,2,6,13-17H2,1H3. The average molecular weight is 266 g/mol. The van der Waals surface area contributed by atoms with Gasteiger partial charge in [0.1, 0.15) is 23.5 Å². The maximum absolute atomic E-state index is 5.82. The molecular weight excluding hydrogens is 244 g/mol. The van der Waals surface area contributed by atoms with Crippen LogP contribution >= 0.6 is 0 Å². The van der Waals surface area contributed by atoms with Crippen LogP contribution in [-0.2, 0) is 6.42 Å². The molecule has 0 saturated heterocycles. The Hall–Kier alpha value is -0.895. The van der Waals surface area contributed by atoms with E-state index in [0.717, 1.165) is 24.3 Å². The van der Waals surface area contributed by atoms with E-state index < -0.39 is 5.59 Å². The molecule has 8 heteroatoms. The molecule has 0 aliphatic carbocycles. The zero-order valence-electron chi connectivity index (χ0n) is 13.5. The minimum absolute atomic E-state index is 0.109. The van der Waals surface area contributed by atoms with E-state index in [2.05, 4.69) is 47.9 Å². The van der Waals surface area contributed by atoms with Gasteiger partial charge in [0.05, 0.1) is 0 Å². The largest absolute Gasteiger partial charge is 0.467 e. The van der Waals surface area contributed by atoms with E-state index in [0.29, 0.717) is 5.84 Å². The zero-order chi connectivity index (χ0) is 15.0. The lowest BCUT2D eigenvalue weighted by atomic mass is 9.67. The van der Waals surface area contributed by atoms with Gasteiger partial charge in [-0.15, -0.1) is 0 Å². The van der Waals surface area contributed by atoms with Crippen molar-refractivity contribution in [3.63, 3.8) is 0 Å². The van der Waals surface area contributed by atoms with Gasteiger partial charge in [0, 0.05) is 0 Å². The minimum atomic E-state index is -0.550. The van der Waals surface area contributed by atoms with Gasteiger partial charge in [0.15, 0.2) is 32.8 Å². The topological polar surface area (TPSA) is 30.5 Å². The van der Waals surface area contributed by atoms with Crippen molar-refractivity contribution in [1.82, 2.24) is 5.32 Å². The lowest BCUT2D eigenvalue weighted by Crippen LogP contribution is -2.52. The summed E-state index contributed by atoms with van der Waals surface area (Å²) >= 11 is 0. The first-order valence-corrected chi connectivity index (χ1v) is 7.52. The molecule has 2 rings (SSSR count). The van der Waals surface area contributed by atoms with Gasteiger partial charge in [-0.25, -0.2) is 0 Å². The highest BCUT2D eigenvalue weighted by atomic mass is 16.7. The second kappa shape index (κ2) is 5.47. The highest BCUT2D eigenvalue weighted by Gasteiger charge is 2.31. The van der Waals surface area contributed by atoms with Crippen LogP contribution < -0.4 is 14.8 Å². The van der Waals surface area contributed by atoms with E-state index >= 15 is 0 Å². The third-order valence-corrected chi connectivity index (χ3v) is 3.73. The van der Waals surface area contributed by atoms with Crippen LogP contribution in [0.2, 0.25) is 0 Å². The van der Waals surface area contributed by atoms with E-state index in [1.807, 2.05) is 21.8 Å². The maximum atomic E-state index is 5.82. The molecule has 1 aliphatic heterocycles. The summed E-state index contributed by atoms with van der Waals surface area (Å²) in [4.78, 5) is 0. The molecule has 3 nitrogen and oxygen atoms in total. The van der Waals surface area contributed by atoms with E-state index in [1.165, 1.54) is 5.56 Å². The Morgan fingerprint density at radius 2 is 1.90 bits per heavy atom. The number of rotatable bonds is 5. The smallest absolute Gasteiger partial charge is 0.197 e. The molecule has 0 bridgehead atoms. The van der Waals surface area contributed by atoms with Gasteiger partial charge in [0.25, 0.3) is 0 Å². The summed E-state index contributed by atoms with van der Waals surface area (Å²) in [5.74, 6) is 2.18. The second-order valence-corrected chi connectivity index (χ2v) is 6.78. The van der Waals surface area contributed by atoms with Crippen LogP contribution in [0.5, 0.6) is 11.5 Å². The van der Waals surface area contributed by atoms with Crippen molar-refractivity contribution in [3.8, 4) is 11.5 Å². The molecular formula is C12H22B5NO2. The first kappa shape index (κ1) is 15.5. The Bertz CT molecular complexity index is 497. The predicted octanol–water partition coefficient (Wildman–Crippen LogP) is -3.24. The maximum Gasteiger partial charge on any atom is 0.197 e. The second-order valence-electron chi connectivity index (χ2n) is 6.78. The van der Waals surface area contributed by atoms with E-state index in [-0.39, 0.29) is 5.44 Å². The van der Waals surface area contributed by atoms with Crippen LogP contribution in [-0.4, -0.2) is 56.1 Å². The summed E-state index contributed by atoms with van der Waals surface area (Å²) in [5, 5.41) is 3.67. The van der Waals surface area contributed by atoms with Crippen molar-refractivity contribution >= 4 is 39.2 Å². The minimum Gasteiger partial charge on any atom is -0.467 e. The van der Waals surface area contributed by atoms with E-state index in [1.54, 1.807) is 0 Å². The predicted molar refractivity (Wildman–Crippen MR) is 96.8 cm³/mol. The lowest BCUT2D eigenvalue weighted by Gasteiger charge is -2.33. The molecule has 0 saturated carbocycles. The van der Waals surface area contributed by atoms with Crippen molar-refractivity contribution in [3.05, 3.63) is 23.8 Å². The third kappa shape index (κ3) is 3.60. The van der Waals surface area contributed by atoms with E-state index in [9.17, 15) is 0 Å². The number of hydrogen-bond acceptors (Lipinski definition) is 3. The summed E-state index contributed by atoms with van der Waals surface area (Å²) < 4.78 is 11.6. The first-order chi connectivity index (χ1) is 9.23. The average Bonchev–Trinajstić information content (AvgIpc) is 2.61. The Labute approximate surface area is 126 Å². The quantitative estimate of drug-likeness (QED) is 0.568. The number of fused-ring (bicyclic) bond motifs is 1. The van der Waals surface area contributed by atoms with Crippen LogP contribution in [0.25, 0.3) is 0 Å². The Balaban J connectivity index is 2.15. The molecule has 1 aliphatic rings. The van der Waals surface area contributed by atoms with Gasteiger partial charge in [-0.2, -0.15) is 0 Å². The van der Waals surface area contributed by atoms with Gasteiger partial charge >= 0.3 is 0 Å². The van der Waals surface area contributed by atoms with Crippen LogP contribution in [0.3, 0.4) is 0 Å². The first-order valence-electron chi connectivity index (χ1n) is 7.52. The molecule has 20 heavy (non-hydrogen) atoms. The van der Waals surface area contributed by atoms with Crippen molar-refractivity contribution in [2.24, 2.45) is 0 Å². The highest BCUT2D eigenvalue weighted by Crippen LogP contribution is 2.38. The van der Waals surface area contributed by atoms with Crippen LogP contribution in [0.4, 0.5) is 0 Å². The summed E-state index contributed by atoms with van der Waals surface area (Å²) in [7, 11) is 10.5. The van der Waals surface area contributed by atoms with Crippen LogP contribution in [0, 0.1) is 0 Å². The van der Waals surface area contributed by atoms with Crippen molar-refractivity contribution in [1.29, 1.82) is 0 Å². The molecule has 102 valence electrons. The molecule has 0 fully saturated rings. The third-order valence-electron chi connectivity index (χ3n) is 3.73. The Kier molecular flexibility index (Phi) is 4.24. The Morgan fingerprint density at radius 3 is 2.50 bits per heavy atom. The number of nitrogens with one attached hydrogen (secondary N) is 1. The lowest BCUT2D eigenvalue weighted by molar-refractivity contribution is 0.0833. The van der Waals surface area contributed by atoms with Gasteiger partial charge in [-0.3, -0.25) is 0 Å². The summed E-state index contributed by atoms with van der Waals surface area (Å²) in [6.07, 6.45) is 2.07. The SMILES string of the molecule is BC(B)NC(B)(CC)Cc1ccc2c(c1)OC(B)(B)O2. The van der Waals surface area contributed by atoms with Crippen molar-refractivity contribution < 1.29 is 9.47 Å². The van der Waals surface area contributed by atoms with Gasteiger partial charge in [-0.05, 0) is 36.0 Å². The fraction of sp³-hybridized carbons (Fsp3) is 0.500. The summed E-state index contributed by atoms with van der Waals surface area (Å²) in [6.45, 7) is 2.23. The van der Waals surface area contributed by atoms with Crippen molar-refractivity contribution in [2.45, 2.75) is 36.6 Å². The highest BCUT2D eigenvalue weighted by molar-refractivity contribution is 6.38. The summed E-state index contributed by atoms with van der Waals surface area (Å²) in [5.41, 5.74) is 0.838.